The Hall–Kier alpha value is -0.870. The zero-order valence-electron chi connectivity index (χ0n) is 11.6. The van der Waals surface area contributed by atoms with Gasteiger partial charge in [0.05, 0.1) is 5.92 Å². The molecule has 1 aromatic carbocycles. The van der Waals surface area contributed by atoms with Crippen molar-refractivity contribution in [3.05, 3.63) is 34.3 Å². The van der Waals surface area contributed by atoms with Crippen LogP contribution in [-0.2, 0) is 11.2 Å². The van der Waals surface area contributed by atoms with Crippen molar-refractivity contribution >= 4 is 21.8 Å². The van der Waals surface area contributed by atoms with Gasteiger partial charge < -0.3 is 10.2 Å². The predicted octanol–water partition coefficient (Wildman–Crippen LogP) is 2.59. The van der Waals surface area contributed by atoms with E-state index in [1.165, 1.54) is 5.56 Å². The van der Waals surface area contributed by atoms with Gasteiger partial charge in [0, 0.05) is 23.6 Å². The van der Waals surface area contributed by atoms with Gasteiger partial charge in [0.2, 0.25) is 5.91 Å². The highest BCUT2D eigenvalue weighted by atomic mass is 79.9. The Morgan fingerprint density at radius 3 is 2.80 bits per heavy atom. The Bertz CT molecular complexity index is 468. The van der Waals surface area contributed by atoms with Crippen molar-refractivity contribution < 1.29 is 4.79 Å². The number of nitrogens with one attached hydrogen (secondary N) is 1. The molecule has 2 fully saturated rings. The van der Waals surface area contributed by atoms with Crippen LogP contribution in [0.5, 0.6) is 0 Å². The molecule has 1 aromatic rings. The summed E-state index contributed by atoms with van der Waals surface area (Å²) in [6, 6.07) is 8.86. The first kappa shape index (κ1) is 14.1. The molecule has 2 atom stereocenters. The van der Waals surface area contributed by atoms with Gasteiger partial charge in [-0.25, -0.2) is 0 Å². The molecule has 2 aliphatic heterocycles. The van der Waals surface area contributed by atoms with Crippen LogP contribution >= 0.6 is 15.9 Å². The zero-order valence-corrected chi connectivity index (χ0v) is 13.2. The van der Waals surface area contributed by atoms with E-state index in [-0.39, 0.29) is 5.92 Å². The van der Waals surface area contributed by atoms with Crippen molar-refractivity contribution in [1.29, 1.82) is 0 Å². The second-order valence-corrected chi connectivity index (χ2v) is 6.76. The first-order chi connectivity index (χ1) is 9.74. The van der Waals surface area contributed by atoms with Crippen molar-refractivity contribution in [2.24, 2.45) is 5.92 Å². The maximum absolute atomic E-state index is 12.6. The summed E-state index contributed by atoms with van der Waals surface area (Å²) in [4.78, 5) is 14.7. The van der Waals surface area contributed by atoms with Gasteiger partial charge in [-0.3, -0.25) is 4.79 Å². The summed E-state index contributed by atoms with van der Waals surface area (Å²) in [5.41, 5.74) is 1.32. The lowest BCUT2D eigenvalue weighted by atomic mass is 10.0. The number of carbonyl (C=O) groups is 1. The number of hydrogen-bond donors (Lipinski definition) is 1. The van der Waals surface area contributed by atoms with Gasteiger partial charge in [-0.2, -0.15) is 0 Å². The lowest BCUT2D eigenvalue weighted by Crippen LogP contribution is -2.41. The normalized spacial score (nSPS) is 26.1. The van der Waals surface area contributed by atoms with Gasteiger partial charge in [-0.05, 0) is 49.9 Å². The van der Waals surface area contributed by atoms with Crippen LogP contribution in [0.3, 0.4) is 0 Å². The van der Waals surface area contributed by atoms with Crippen molar-refractivity contribution in [3.63, 3.8) is 0 Å². The summed E-state index contributed by atoms with van der Waals surface area (Å²) in [6.45, 7) is 2.79. The van der Waals surface area contributed by atoms with Crippen molar-refractivity contribution in [1.82, 2.24) is 10.2 Å². The molecule has 1 N–H and O–H groups in total. The molecule has 0 bridgehead atoms. The fraction of sp³-hybridized carbons (Fsp3) is 0.562. The SMILES string of the molecule is O=C([C@@H]1CCNC1)N1CCC[C@@H]1Cc1ccc(Br)cc1. The van der Waals surface area contributed by atoms with E-state index in [0.29, 0.717) is 11.9 Å². The fourth-order valence-electron chi connectivity index (χ4n) is 3.33. The van der Waals surface area contributed by atoms with Crippen molar-refractivity contribution in [2.45, 2.75) is 31.7 Å². The summed E-state index contributed by atoms with van der Waals surface area (Å²) in [5, 5.41) is 3.29. The third-order valence-electron chi connectivity index (χ3n) is 4.45. The molecule has 0 aromatic heterocycles. The molecule has 0 aliphatic carbocycles. The second-order valence-electron chi connectivity index (χ2n) is 5.85. The monoisotopic (exact) mass is 336 g/mol. The molecular weight excluding hydrogens is 316 g/mol. The van der Waals surface area contributed by atoms with Gasteiger partial charge in [-0.15, -0.1) is 0 Å². The number of benzene rings is 1. The molecule has 3 rings (SSSR count). The molecule has 3 nitrogen and oxygen atoms in total. The summed E-state index contributed by atoms with van der Waals surface area (Å²) in [5.74, 6) is 0.579. The van der Waals surface area contributed by atoms with Crippen LogP contribution in [-0.4, -0.2) is 36.5 Å². The molecule has 108 valence electrons. The molecule has 20 heavy (non-hydrogen) atoms. The number of carbonyl (C=O) groups excluding carboxylic acids is 1. The van der Waals surface area contributed by atoms with Crippen LogP contribution in [0.4, 0.5) is 0 Å². The number of rotatable bonds is 3. The van der Waals surface area contributed by atoms with Gasteiger partial charge in [0.25, 0.3) is 0 Å². The highest BCUT2D eigenvalue weighted by Gasteiger charge is 2.34. The molecule has 2 aliphatic rings. The van der Waals surface area contributed by atoms with Crippen LogP contribution in [0.25, 0.3) is 0 Å². The van der Waals surface area contributed by atoms with E-state index in [9.17, 15) is 4.79 Å². The highest BCUT2D eigenvalue weighted by Crippen LogP contribution is 2.25. The van der Waals surface area contributed by atoms with E-state index >= 15 is 0 Å². The molecule has 0 spiro atoms. The first-order valence-corrected chi connectivity index (χ1v) is 8.29. The maximum Gasteiger partial charge on any atom is 0.227 e. The topological polar surface area (TPSA) is 32.3 Å². The Kier molecular flexibility index (Phi) is 4.41. The van der Waals surface area contributed by atoms with Gasteiger partial charge in [0.1, 0.15) is 0 Å². The average Bonchev–Trinajstić information content (AvgIpc) is 3.12. The minimum Gasteiger partial charge on any atom is -0.339 e. The minimum absolute atomic E-state index is 0.209. The molecule has 0 saturated carbocycles. The number of halogens is 1. The van der Waals surface area contributed by atoms with E-state index < -0.39 is 0 Å². The quantitative estimate of drug-likeness (QED) is 0.920. The Morgan fingerprint density at radius 2 is 2.10 bits per heavy atom. The minimum atomic E-state index is 0.209. The molecule has 1 amide bonds. The smallest absolute Gasteiger partial charge is 0.227 e. The number of nitrogens with zero attached hydrogens (tertiary/aromatic N) is 1. The van der Waals surface area contributed by atoms with E-state index in [0.717, 1.165) is 49.8 Å². The Balaban J connectivity index is 1.65. The standard InChI is InChI=1S/C16H21BrN2O/c17-14-5-3-12(4-6-14)10-15-2-1-9-19(15)16(20)13-7-8-18-11-13/h3-6,13,15,18H,1-2,7-11H2/t13-,15-/m1/s1. The molecule has 2 saturated heterocycles. The summed E-state index contributed by atoms with van der Waals surface area (Å²) < 4.78 is 1.11. The molecular formula is C16H21BrN2O. The summed E-state index contributed by atoms with van der Waals surface area (Å²) in [7, 11) is 0. The highest BCUT2D eigenvalue weighted by molar-refractivity contribution is 9.10. The van der Waals surface area contributed by atoms with Crippen LogP contribution in [0, 0.1) is 5.92 Å². The van der Waals surface area contributed by atoms with E-state index in [1.54, 1.807) is 0 Å². The van der Waals surface area contributed by atoms with Gasteiger partial charge >= 0.3 is 0 Å². The van der Waals surface area contributed by atoms with Crippen LogP contribution in [0.15, 0.2) is 28.7 Å². The van der Waals surface area contributed by atoms with E-state index in [1.807, 2.05) is 0 Å². The third-order valence-corrected chi connectivity index (χ3v) is 4.98. The van der Waals surface area contributed by atoms with Crippen molar-refractivity contribution in [3.8, 4) is 0 Å². The Labute approximate surface area is 128 Å². The largest absolute Gasteiger partial charge is 0.339 e. The summed E-state index contributed by atoms with van der Waals surface area (Å²) in [6.07, 6.45) is 4.27. The fourth-order valence-corrected chi connectivity index (χ4v) is 3.59. The van der Waals surface area contributed by atoms with Crippen LogP contribution in [0.1, 0.15) is 24.8 Å². The molecule has 0 radical (unpaired) electrons. The van der Waals surface area contributed by atoms with Crippen LogP contribution < -0.4 is 5.32 Å². The lowest BCUT2D eigenvalue weighted by molar-refractivity contribution is -0.135. The van der Waals surface area contributed by atoms with Crippen LogP contribution in [0.2, 0.25) is 0 Å². The van der Waals surface area contributed by atoms with E-state index in [2.05, 4.69) is 50.4 Å². The number of amides is 1. The van der Waals surface area contributed by atoms with Gasteiger partial charge in [-0.1, -0.05) is 28.1 Å². The molecule has 0 unspecified atom stereocenters. The predicted molar refractivity (Wildman–Crippen MR) is 83.6 cm³/mol. The number of hydrogen-bond acceptors (Lipinski definition) is 2. The Morgan fingerprint density at radius 1 is 1.30 bits per heavy atom. The molecule has 4 heteroatoms. The summed E-state index contributed by atoms with van der Waals surface area (Å²) >= 11 is 3.47. The second kappa shape index (κ2) is 6.27. The lowest BCUT2D eigenvalue weighted by Gasteiger charge is -2.27. The third kappa shape index (κ3) is 3.07. The maximum atomic E-state index is 12.6. The molecule has 2 heterocycles. The van der Waals surface area contributed by atoms with Crippen molar-refractivity contribution in [2.75, 3.05) is 19.6 Å². The van der Waals surface area contributed by atoms with Gasteiger partial charge in [0.15, 0.2) is 0 Å². The number of likely N-dealkylation sites (tertiary alicyclic amines) is 1. The average molecular weight is 337 g/mol. The zero-order chi connectivity index (χ0) is 13.9. The first-order valence-electron chi connectivity index (χ1n) is 7.49. The van der Waals surface area contributed by atoms with E-state index in [4.69, 9.17) is 0 Å².